The molecular formula is C44H71ClO6. The molecule has 290 valence electrons. The summed E-state index contributed by atoms with van der Waals surface area (Å²) < 4.78 is 0. The van der Waals surface area contributed by atoms with Crippen LogP contribution in [0.3, 0.4) is 0 Å². The minimum atomic E-state index is -0.980. The number of aliphatic hydroxyl groups excluding tert-OH is 2. The summed E-state index contributed by atoms with van der Waals surface area (Å²) in [5, 5.41) is 27.8. The van der Waals surface area contributed by atoms with Crippen LogP contribution >= 0.6 is 11.6 Å². The van der Waals surface area contributed by atoms with Gasteiger partial charge >= 0.3 is 5.97 Å². The maximum atomic E-state index is 12.2. The van der Waals surface area contributed by atoms with E-state index in [9.17, 15) is 24.6 Å². The Kier molecular flexibility index (Phi) is 11.6. The van der Waals surface area contributed by atoms with Crippen molar-refractivity contribution in [1.82, 2.24) is 0 Å². The monoisotopic (exact) mass is 730 g/mol. The van der Waals surface area contributed by atoms with Gasteiger partial charge in [-0.1, -0.05) is 27.7 Å². The van der Waals surface area contributed by atoms with E-state index < -0.39 is 5.97 Å². The van der Waals surface area contributed by atoms with Gasteiger partial charge in [-0.3, -0.25) is 14.4 Å². The van der Waals surface area contributed by atoms with E-state index in [2.05, 4.69) is 27.7 Å². The molecule has 0 aliphatic heterocycles. The summed E-state index contributed by atoms with van der Waals surface area (Å²) in [5.74, 6) is 6.65. The number of hydrogen-bond donors (Lipinski definition) is 3. The second-order valence-electron chi connectivity index (χ2n) is 20.3. The summed E-state index contributed by atoms with van der Waals surface area (Å²) in [5.41, 5.74) is 1.48. The number of carboxylic acid groups (broad SMARTS) is 1. The van der Waals surface area contributed by atoms with E-state index in [1.54, 1.807) is 0 Å². The highest BCUT2D eigenvalue weighted by Gasteiger charge is 2.62. The van der Waals surface area contributed by atoms with Crippen LogP contribution in [0.15, 0.2) is 0 Å². The Hall–Kier alpha value is -0.980. The zero-order chi connectivity index (χ0) is 37.1. The van der Waals surface area contributed by atoms with E-state index >= 15 is 0 Å². The summed E-state index contributed by atoms with van der Waals surface area (Å²) in [6.45, 7) is 13.6. The van der Waals surface area contributed by atoms with Crippen molar-refractivity contribution in [3.05, 3.63) is 0 Å². The standard InChI is InChI=1S/2C21H34O2.C2H3ClO2/c2*1-13(22)17-6-7-18-16-5-4-14-12-15(23)8-10-20(14,2)19(16)9-11-21(17,18)3;3-1-2(4)5/h2*14-19,23H,4-12H2,1-3H3;1H2,(H,4,5)/t14-,15+,16?,17+,18?,19?,20-,21+;14-,15-,16?,17+,18?,19?,20-,21+;/m00./s1. The lowest BCUT2D eigenvalue weighted by molar-refractivity contribution is -0.138. The number of carbonyl (C=O) groups excluding carboxylic acids is 2. The third-order valence-corrected chi connectivity index (χ3v) is 18.6. The Labute approximate surface area is 314 Å². The van der Waals surface area contributed by atoms with E-state index in [1.807, 2.05) is 13.8 Å². The number of fused-ring (bicyclic) bond motifs is 10. The zero-order valence-corrected chi connectivity index (χ0v) is 33.6. The van der Waals surface area contributed by atoms with E-state index in [1.165, 1.54) is 77.0 Å². The van der Waals surface area contributed by atoms with E-state index in [-0.39, 0.29) is 28.9 Å². The van der Waals surface area contributed by atoms with Crippen LogP contribution in [-0.2, 0) is 14.4 Å². The topological polar surface area (TPSA) is 112 Å². The quantitative estimate of drug-likeness (QED) is 0.250. The first-order chi connectivity index (χ1) is 24.0. The van der Waals surface area contributed by atoms with Crippen molar-refractivity contribution in [3.63, 3.8) is 0 Å². The minimum Gasteiger partial charge on any atom is -0.480 e. The van der Waals surface area contributed by atoms with Gasteiger partial charge in [0.25, 0.3) is 0 Å². The molecule has 3 N–H and O–H groups in total. The summed E-state index contributed by atoms with van der Waals surface area (Å²) in [4.78, 5) is 33.6. The van der Waals surface area contributed by atoms with Crippen molar-refractivity contribution in [2.75, 3.05) is 5.88 Å². The van der Waals surface area contributed by atoms with Crippen LogP contribution in [0.1, 0.15) is 157 Å². The fourth-order valence-corrected chi connectivity index (χ4v) is 15.8. The van der Waals surface area contributed by atoms with Crippen molar-refractivity contribution in [3.8, 4) is 0 Å². The lowest BCUT2D eigenvalue weighted by Gasteiger charge is -2.60. The molecule has 0 bridgehead atoms. The molecular weight excluding hydrogens is 660 g/mol. The van der Waals surface area contributed by atoms with Gasteiger partial charge in [-0.2, -0.15) is 0 Å². The summed E-state index contributed by atoms with van der Waals surface area (Å²) in [7, 11) is 0. The van der Waals surface area contributed by atoms with Crippen LogP contribution in [0.25, 0.3) is 0 Å². The maximum Gasteiger partial charge on any atom is 0.318 e. The highest BCUT2D eigenvalue weighted by molar-refractivity contribution is 6.26. The van der Waals surface area contributed by atoms with Gasteiger partial charge < -0.3 is 15.3 Å². The average Bonchev–Trinajstić information content (AvgIpc) is 3.63. The predicted molar refractivity (Wildman–Crippen MR) is 202 cm³/mol. The molecule has 6 unspecified atom stereocenters. The fraction of sp³-hybridized carbons (Fsp3) is 0.932. The van der Waals surface area contributed by atoms with Crippen LogP contribution in [0.4, 0.5) is 0 Å². The van der Waals surface area contributed by atoms with Gasteiger partial charge in [0.15, 0.2) is 0 Å². The predicted octanol–water partition coefficient (Wildman–Crippen LogP) is 9.50. The molecule has 6 nitrogen and oxygen atoms in total. The molecule has 0 aromatic heterocycles. The number of aliphatic carboxylic acids is 1. The van der Waals surface area contributed by atoms with Crippen molar-refractivity contribution >= 4 is 29.1 Å². The molecule has 16 atom stereocenters. The van der Waals surface area contributed by atoms with Gasteiger partial charge in [-0.15, -0.1) is 11.6 Å². The van der Waals surface area contributed by atoms with Gasteiger partial charge in [0.1, 0.15) is 17.4 Å². The molecule has 0 aromatic carbocycles. The largest absolute Gasteiger partial charge is 0.480 e. The molecule has 0 saturated heterocycles. The number of halogens is 1. The number of aliphatic hydroxyl groups is 2. The molecule has 0 aromatic rings. The molecule has 8 rings (SSSR count). The number of Topliss-reactive ketones (excluding diaryl/α,β-unsaturated/α-hetero) is 2. The van der Waals surface area contributed by atoms with Crippen molar-refractivity contribution in [1.29, 1.82) is 0 Å². The smallest absolute Gasteiger partial charge is 0.318 e. The number of hydrogen-bond acceptors (Lipinski definition) is 5. The average molecular weight is 731 g/mol. The number of rotatable bonds is 3. The van der Waals surface area contributed by atoms with Crippen LogP contribution in [0.2, 0.25) is 0 Å². The third-order valence-electron chi connectivity index (χ3n) is 18.4. The molecule has 8 saturated carbocycles. The Morgan fingerprint density at radius 1 is 0.529 bits per heavy atom. The second kappa shape index (κ2) is 14.9. The number of carboxylic acids is 1. The van der Waals surface area contributed by atoms with Gasteiger partial charge in [-0.25, -0.2) is 0 Å². The SMILES string of the molecule is CC(=O)[C@H]1CCC2C3CC[C@H]4C[C@@H](O)CC[C@]4(C)C3CC[C@@]21C.CC(=O)[C@H]1CCC2C3CC[C@H]4C[C@H](O)CC[C@]4(C)C3CC[C@@]21C.O=C(O)CCl. The van der Waals surface area contributed by atoms with Gasteiger partial charge in [0.05, 0.1) is 12.2 Å². The lowest BCUT2D eigenvalue weighted by atomic mass is 9.44. The number of alkyl halides is 1. The van der Waals surface area contributed by atoms with E-state index in [4.69, 9.17) is 16.7 Å². The van der Waals surface area contributed by atoms with Crippen molar-refractivity contribution in [2.45, 2.75) is 169 Å². The van der Waals surface area contributed by atoms with E-state index in [0.29, 0.717) is 34.2 Å². The molecule has 8 aliphatic rings. The van der Waals surface area contributed by atoms with Crippen LogP contribution in [0.5, 0.6) is 0 Å². The molecule has 51 heavy (non-hydrogen) atoms. The van der Waals surface area contributed by atoms with Gasteiger partial charge in [0, 0.05) is 11.8 Å². The number of carbonyl (C=O) groups is 3. The minimum absolute atomic E-state index is 0.0490. The first-order valence-electron chi connectivity index (χ1n) is 21.1. The molecule has 0 heterocycles. The van der Waals surface area contributed by atoms with Crippen LogP contribution in [0, 0.1) is 80.8 Å². The highest BCUT2D eigenvalue weighted by Crippen LogP contribution is 2.69. The summed E-state index contributed by atoms with van der Waals surface area (Å²) in [6.07, 6.45) is 21.8. The molecule has 0 radical (unpaired) electrons. The summed E-state index contributed by atoms with van der Waals surface area (Å²) in [6, 6.07) is 0. The fourth-order valence-electron chi connectivity index (χ4n) is 15.8. The van der Waals surface area contributed by atoms with Gasteiger partial charge in [0.2, 0.25) is 0 Å². The Balaban J connectivity index is 0.000000156. The normalized spacial score (nSPS) is 50.9. The zero-order valence-electron chi connectivity index (χ0n) is 32.8. The maximum absolute atomic E-state index is 12.2. The Bertz CT molecular complexity index is 1210. The molecule has 7 heteroatoms. The van der Waals surface area contributed by atoms with Gasteiger partial charge in [-0.05, 0) is 198 Å². The van der Waals surface area contributed by atoms with Crippen molar-refractivity contribution in [2.24, 2.45) is 80.8 Å². The van der Waals surface area contributed by atoms with Crippen molar-refractivity contribution < 1.29 is 29.7 Å². The Morgan fingerprint density at radius 2 is 0.863 bits per heavy atom. The second-order valence-corrected chi connectivity index (χ2v) is 20.5. The molecule has 8 fully saturated rings. The summed E-state index contributed by atoms with van der Waals surface area (Å²) >= 11 is 4.74. The molecule has 0 amide bonds. The Morgan fingerprint density at radius 3 is 1.20 bits per heavy atom. The highest BCUT2D eigenvalue weighted by atomic mass is 35.5. The third kappa shape index (κ3) is 6.93. The first kappa shape index (κ1) is 39.7. The van der Waals surface area contributed by atoms with Crippen LogP contribution in [-0.4, -0.2) is 50.9 Å². The molecule has 0 spiro atoms. The van der Waals surface area contributed by atoms with Crippen LogP contribution < -0.4 is 0 Å². The van der Waals surface area contributed by atoms with E-state index in [0.717, 1.165) is 85.9 Å². The lowest BCUT2D eigenvalue weighted by Crippen LogP contribution is -2.54. The molecule has 8 aliphatic carbocycles. The number of ketones is 2. The first-order valence-corrected chi connectivity index (χ1v) is 21.7.